The van der Waals surface area contributed by atoms with E-state index in [-0.39, 0.29) is 6.04 Å². The Bertz CT molecular complexity index is 302. The van der Waals surface area contributed by atoms with Crippen molar-refractivity contribution in [3.8, 4) is 0 Å². The lowest BCUT2D eigenvalue weighted by Crippen LogP contribution is -2.30. The molecule has 2 unspecified atom stereocenters. The second-order valence-electron chi connectivity index (χ2n) is 3.13. The third-order valence-electron chi connectivity index (χ3n) is 2.06. The van der Waals surface area contributed by atoms with Gasteiger partial charge in [0.1, 0.15) is 0 Å². The molecule has 1 aromatic rings. The molecule has 1 rings (SSSR count). The molecule has 76 valence electrons. The van der Waals surface area contributed by atoms with E-state index in [0.29, 0.717) is 5.95 Å². The van der Waals surface area contributed by atoms with Crippen LogP contribution in [0, 0.1) is 5.92 Å². The van der Waals surface area contributed by atoms with E-state index in [4.69, 9.17) is 5.11 Å². The molecule has 0 aliphatic rings. The molecule has 0 aliphatic heterocycles. The Morgan fingerprint density at radius 2 is 2.00 bits per heavy atom. The van der Waals surface area contributed by atoms with Crippen LogP contribution in [0.3, 0.4) is 0 Å². The lowest BCUT2D eigenvalue weighted by atomic mass is 10.0. The van der Waals surface area contributed by atoms with Gasteiger partial charge in [0.2, 0.25) is 5.95 Å². The molecule has 14 heavy (non-hydrogen) atoms. The fourth-order valence-electron chi connectivity index (χ4n) is 0.916. The minimum Gasteiger partial charge on any atom is -0.481 e. The van der Waals surface area contributed by atoms with Gasteiger partial charge in [0.25, 0.3) is 0 Å². The summed E-state index contributed by atoms with van der Waals surface area (Å²) in [7, 11) is 0. The summed E-state index contributed by atoms with van der Waals surface area (Å²) in [4.78, 5) is 18.5. The van der Waals surface area contributed by atoms with Gasteiger partial charge in [0, 0.05) is 18.4 Å². The van der Waals surface area contributed by atoms with Crippen LogP contribution in [-0.2, 0) is 4.79 Å². The number of hydrogen-bond donors (Lipinski definition) is 2. The zero-order valence-electron chi connectivity index (χ0n) is 8.14. The lowest BCUT2D eigenvalue weighted by Gasteiger charge is -2.17. The topological polar surface area (TPSA) is 75.1 Å². The van der Waals surface area contributed by atoms with Crippen molar-refractivity contribution in [1.82, 2.24) is 9.97 Å². The van der Waals surface area contributed by atoms with E-state index in [1.165, 1.54) is 0 Å². The number of carboxylic acid groups (broad SMARTS) is 1. The van der Waals surface area contributed by atoms with Gasteiger partial charge in [0.05, 0.1) is 5.92 Å². The van der Waals surface area contributed by atoms with E-state index < -0.39 is 11.9 Å². The Kier molecular flexibility index (Phi) is 3.39. The summed E-state index contributed by atoms with van der Waals surface area (Å²) in [5, 5.41) is 11.7. The molecule has 0 amide bonds. The Morgan fingerprint density at radius 1 is 1.43 bits per heavy atom. The Morgan fingerprint density at radius 3 is 2.50 bits per heavy atom. The average molecular weight is 195 g/mol. The molecule has 1 heterocycles. The smallest absolute Gasteiger partial charge is 0.308 e. The van der Waals surface area contributed by atoms with Gasteiger partial charge in [-0.25, -0.2) is 9.97 Å². The standard InChI is InChI=1S/C9H13N3O2/c1-6(8(13)14)7(2)12-9-10-4-3-5-11-9/h3-7H,1-2H3,(H,13,14)(H,10,11,12). The van der Waals surface area contributed by atoms with Crippen molar-refractivity contribution in [1.29, 1.82) is 0 Å². The van der Waals surface area contributed by atoms with E-state index >= 15 is 0 Å². The second kappa shape index (κ2) is 4.55. The first-order valence-corrected chi connectivity index (χ1v) is 4.37. The number of anilines is 1. The van der Waals surface area contributed by atoms with Crippen molar-refractivity contribution in [2.45, 2.75) is 19.9 Å². The number of carbonyl (C=O) groups is 1. The van der Waals surface area contributed by atoms with Crippen LogP contribution in [0.1, 0.15) is 13.8 Å². The molecule has 0 radical (unpaired) electrons. The molecule has 1 aromatic heterocycles. The zero-order chi connectivity index (χ0) is 10.6. The van der Waals surface area contributed by atoms with E-state index in [9.17, 15) is 4.79 Å². The second-order valence-corrected chi connectivity index (χ2v) is 3.13. The maximum atomic E-state index is 10.7. The van der Waals surface area contributed by atoms with Crippen LogP contribution in [-0.4, -0.2) is 27.1 Å². The van der Waals surface area contributed by atoms with Gasteiger partial charge in [-0.05, 0) is 19.9 Å². The Labute approximate surface area is 82.2 Å². The van der Waals surface area contributed by atoms with Crippen LogP contribution in [0.15, 0.2) is 18.5 Å². The molecule has 0 spiro atoms. The zero-order valence-corrected chi connectivity index (χ0v) is 8.14. The third kappa shape index (κ3) is 2.69. The van der Waals surface area contributed by atoms with Gasteiger partial charge in [-0.2, -0.15) is 0 Å². The predicted molar refractivity (Wildman–Crippen MR) is 51.9 cm³/mol. The molecule has 0 bridgehead atoms. The van der Waals surface area contributed by atoms with E-state index in [1.807, 2.05) is 0 Å². The third-order valence-corrected chi connectivity index (χ3v) is 2.06. The number of nitrogens with zero attached hydrogens (tertiary/aromatic N) is 2. The molecule has 2 N–H and O–H groups in total. The first-order valence-electron chi connectivity index (χ1n) is 4.37. The minimum absolute atomic E-state index is 0.199. The van der Waals surface area contributed by atoms with Crippen LogP contribution < -0.4 is 5.32 Å². The van der Waals surface area contributed by atoms with Gasteiger partial charge < -0.3 is 10.4 Å². The maximum Gasteiger partial charge on any atom is 0.308 e. The molecule has 0 aliphatic carbocycles. The maximum absolute atomic E-state index is 10.7. The van der Waals surface area contributed by atoms with Crippen molar-refractivity contribution < 1.29 is 9.90 Å². The summed E-state index contributed by atoms with van der Waals surface area (Å²) < 4.78 is 0. The average Bonchev–Trinajstić information content (AvgIpc) is 2.18. The highest BCUT2D eigenvalue weighted by atomic mass is 16.4. The minimum atomic E-state index is -0.832. The molecule has 5 nitrogen and oxygen atoms in total. The lowest BCUT2D eigenvalue weighted by molar-refractivity contribution is -0.141. The van der Waals surface area contributed by atoms with E-state index in [1.54, 1.807) is 32.3 Å². The molecule has 0 fully saturated rings. The van der Waals surface area contributed by atoms with Gasteiger partial charge in [-0.1, -0.05) is 0 Å². The normalized spacial score (nSPS) is 14.4. The molecular weight excluding hydrogens is 182 g/mol. The number of carboxylic acids is 1. The van der Waals surface area contributed by atoms with Crippen LogP contribution in [0.25, 0.3) is 0 Å². The summed E-state index contributed by atoms with van der Waals surface area (Å²) in [5.41, 5.74) is 0. The number of nitrogens with one attached hydrogen (secondary N) is 1. The van der Waals surface area contributed by atoms with Crippen LogP contribution in [0.2, 0.25) is 0 Å². The Balaban J connectivity index is 2.57. The highest BCUT2D eigenvalue weighted by Crippen LogP contribution is 2.07. The first kappa shape index (κ1) is 10.4. The molecular formula is C9H13N3O2. The van der Waals surface area contributed by atoms with Gasteiger partial charge >= 0.3 is 5.97 Å². The van der Waals surface area contributed by atoms with Crippen molar-refractivity contribution >= 4 is 11.9 Å². The first-order chi connectivity index (χ1) is 6.61. The molecule has 2 atom stereocenters. The largest absolute Gasteiger partial charge is 0.481 e. The van der Waals surface area contributed by atoms with Crippen molar-refractivity contribution in [2.24, 2.45) is 5.92 Å². The number of rotatable bonds is 4. The van der Waals surface area contributed by atoms with Gasteiger partial charge in [-0.3, -0.25) is 4.79 Å². The van der Waals surface area contributed by atoms with E-state index in [0.717, 1.165) is 0 Å². The summed E-state index contributed by atoms with van der Waals surface area (Å²) in [6, 6.07) is 1.51. The number of aromatic nitrogens is 2. The highest BCUT2D eigenvalue weighted by Gasteiger charge is 2.19. The van der Waals surface area contributed by atoms with Crippen LogP contribution in [0.5, 0.6) is 0 Å². The molecule has 0 aromatic carbocycles. The van der Waals surface area contributed by atoms with Crippen LogP contribution in [0.4, 0.5) is 5.95 Å². The fourth-order valence-corrected chi connectivity index (χ4v) is 0.916. The summed E-state index contributed by atoms with van der Waals surface area (Å²) in [5.74, 6) is -0.854. The van der Waals surface area contributed by atoms with Crippen molar-refractivity contribution in [2.75, 3.05) is 5.32 Å². The summed E-state index contributed by atoms with van der Waals surface area (Å²) >= 11 is 0. The quantitative estimate of drug-likeness (QED) is 0.749. The van der Waals surface area contributed by atoms with Crippen LogP contribution >= 0.6 is 0 Å². The Hall–Kier alpha value is -1.65. The monoisotopic (exact) mass is 195 g/mol. The number of aliphatic carboxylic acids is 1. The molecule has 0 saturated carbocycles. The van der Waals surface area contributed by atoms with Crippen molar-refractivity contribution in [3.63, 3.8) is 0 Å². The number of hydrogen-bond acceptors (Lipinski definition) is 4. The predicted octanol–water partition coefficient (Wildman–Crippen LogP) is 0.998. The SMILES string of the molecule is CC(Nc1ncccn1)C(C)C(=O)O. The summed E-state index contributed by atoms with van der Waals surface area (Å²) in [6.45, 7) is 3.43. The molecule has 0 saturated heterocycles. The van der Waals surface area contributed by atoms with Gasteiger partial charge in [0.15, 0.2) is 0 Å². The van der Waals surface area contributed by atoms with Gasteiger partial charge in [-0.15, -0.1) is 0 Å². The molecule has 5 heteroatoms. The fraction of sp³-hybridized carbons (Fsp3) is 0.444. The highest BCUT2D eigenvalue weighted by molar-refractivity contribution is 5.70. The van der Waals surface area contributed by atoms with E-state index in [2.05, 4.69) is 15.3 Å². The van der Waals surface area contributed by atoms with Crippen molar-refractivity contribution in [3.05, 3.63) is 18.5 Å². The summed E-state index contributed by atoms with van der Waals surface area (Å²) in [6.07, 6.45) is 3.21.